The van der Waals surface area contributed by atoms with E-state index in [-0.39, 0.29) is 6.04 Å². The third-order valence-electron chi connectivity index (χ3n) is 3.70. The summed E-state index contributed by atoms with van der Waals surface area (Å²) in [5.41, 5.74) is 5.03. The standard InChI is InChI=1S/C18H24N2O/c1-5-20-16(12-15-6-8-19-9-7-15)18-14(3)10-13(2)11-17(18)21-4/h6-11,16,20H,5,12H2,1-4H3. The number of nitrogens with one attached hydrogen (secondary N) is 1. The molecule has 0 saturated carbocycles. The van der Waals surface area contributed by atoms with Gasteiger partial charge in [0.05, 0.1) is 7.11 Å². The topological polar surface area (TPSA) is 34.2 Å². The lowest BCUT2D eigenvalue weighted by Crippen LogP contribution is -2.24. The third-order valence-corrected chi connectivity index (χ3v) is 3.70. The Morgan fingerprint density at radius 1 is 1.19 bits per heavy atom. The van der Waals surface area contributed by atoms with E-state index in [2.05, 4.69) is 55.3 Å². The number of rotatable bonds is 6. The van der Waals surface area contributed by atoms with Crippen LogP contribution in [0.2, 0.25) is 0 Å². The van der Waals surface area contributed by atoms with Gasteiger partial charge in [0.2, 0.25) is 0 Å². The van der Waals surface area contributed by atoms with Crippen molar-refractivity contribution in [2.75, 3.05) is 13.7 Å². The highest BCUT2D eigenvalue weighted by Gasteiger charge is 2.18. The highest BCUT2D eigenvalue weighted by molar-refractivity contribution is 5.45. The van der Waals surface area contributed by atoms with Gasteiger partial charge < -0.3 is 10.1 Å². The number of ether oxygens (including phenoxy) is 1. The normalized spacial score (nSPS) is 12.2. The van der Waals surface area contributed by atoms with Crippen molar-refractivity contribution in [3.63, 3.8) is 0 Å². The summed E-state index contributed by atoms with van der Waals surface area (Å²) in [6.07, 6.45) is 4.62. The van der Waals surface area contributed by atoms with E-state index in [1.807, 2.05) is 12.4 Å². The summed E-state index contributed by atoms with van der Waals surface area (Å²) in [4.78, 5) is 4.09. The SMILES string of the molecule is CCNC(Cc1ccncc1)c1c(C)cc(C)cc1OC. The molecule has 0 fully saturated rings. The number of aryl methyl sites for hydroxylation is 2. The molecule has 0 radical (unpaired) electrons. The van der Waals surface area contributed by atoms with Crippen LogP contribution >= 0.6 is 0 Å². The Morgan fingerprint density at radius 2 is 1.90 bits per heavy atom. The fourth-order valence-corrected chi connectivity index (χ4v) is 2.83. The Labute approximate surface area is 127 Å². The number of hydrogen-bond donors (Lipinski definition) is 1. The maximum absolute atomic E-state index is 5.62. The van der Waals surface area contributed by atoms with E-state index < -0.39 is 0 Å². The summed E-state index contributed by atoms with van der Waals surface area (Å²) in [5, 5.41) is 3.58. The number of aromatic nitrogens is 1. The monoisotopic (exact) mass is 284 g/mol. The summed E-state index contributed by atoms with van der Waals surface area (Å²) in [6.45, 7) is 7.31. The molecule has 112 valence electrons. The van der Waals surface area contributed by atoms with E-state index in [4.69, 9.17) is 4.74 Å². The number of hydrogen-bond acceptors (Lipinski definition) is 3. The average molecular weight is 284 g/mol. The Kier molecular flexibility index (Phi) is 5.34. The van der Waals surface area contributed by atoms with E-state index in [9.17, 15) is 0 Å². The molecule has 2 rings (SSSR count). The third kappa shape index (κ3) is 3.82. The lowest BCUT2D eigenvalue weighted by Gasteiger charge is -2.23. The summed E-state index contributed by atoms with van der Waals surface area (Å²) < 4.78 is 5.62. The molecule has 0 aliphatic heterocycles. The van der Waals surface area contributed by atoms with E-state index >= 15 is 0 Å². The largest absolute Gasteiger partial charge is 0.496 e. The summed E-state index contributed by atoms with van der Waals surface area (Å²) in [5.74, 6) is 0.965. The fraction of sp³-hybridized carbons (Fsp3) is 0.389. The van der Waals surface area contributed by atoms with Crippen molar-refractivity contribution in [1.29, 1.82) is 0 Å². The lowest BCUT2D eigenvalue weighted by atomic mass is 9.93. The van der Waals surface area contributed by atoms with Gasteiger partial charge in [0.15, 0.2) is 0 Å². The Bertz CT molecular complexity index is 581. The van der Waals surface area contributed by atoms with E-state index in [0.717, 1.165) is 18.7 Å². The van der Waals surface area contributed by atoms with Crippen LogP contribution in [0.1, 0.15) is 35.2 Å². The highest BCUT2D eigenvalue weighted by Crippen LogP contribution is 2.32. The van der Waals surface area contributed by atoms with Crippen molar-refractivity contribution in [1.82, 2.24) is 10.3 Å². The maximum Gasteiger partial charge on any atom is 0.124 e. The van der Waals surface area contributed by atoms with Gasteiger partial charge in [-0.2, -0.15) is 0 Å². The van der Waals surface area contributed by atoms with Crippen LogP contribution in [-0.2, 0) is 6.42 Å². The second-order valence-electron chi connectivity index (χ2n) is 5.37. The number of nitrogens with zero attached hydrogens (tertiary/aromatic N) is 1. The molecule has 0 saturated heterocycles. The molecule has 21 heavy (non-hydrogen) atoms. The lowest BCUT2D eigenvalue weighted by molar-refractivity contribution is 0.398. The van der Waals surface area contributed by atoms with E-state index in [0.29, 0.717) is 0 Å². The molecule has 1 heterocycles. The van der Waals surface area contributed by atoms with Gasteiger partial charge in [0.1, 0.15) is 5.75 Å². The predicted octanol–water partition coefficient (Wildman–Crippen LogP) is 3.60. The minimum Gasteiger partial charge on any atom is -0.496 e. The minimum atomic E-state index is 0.243. The first-order valence-electron chi connectivity index (χ1n) is 7.43. The highest BCUT2D eigenvalue weighted by atomic mass is 16.5. The van der Waals surface area contributed by atoms with Gasteiger partial charge in [-0.05, 0) is 61.7 Å². The van der Waals surface area contributed by atoms with Gasteiger partial charge in [-0.1, -0.05) is 13.0 Å². The van der Waals surface area contributed by atoms with Crippen LogP contribution in [0, 0.1) is 13.8 Å². The molecule has 0 spiro atoms. The quantitative estimate of drug-likeness (QED) is 0.880. The number of likely N-dealkylation sites (N-methyl/N-ethyl adjacent to an activating group) is 1. The molecular weight excluding hydrogens is 260 g/mol. The molecule has 0 aliphatic carbocycles. The van der Waals surface area contributed by atoms with Crippen molar-refractivity contribution >= 4 is 0 Å². The van der Waals surface area contributed by atoms with Crippen LogP contribution in [-0.4, -0.2) is 18.6 Å². The smallest absolute Gasteiger partial charge is 0.124 e. The first-order chi connectivity index (χ1) is 10.2. The first-order valence-corrected chi connectivity index (χ1v) is 7.43. The van der Waals surface area contributed by atoms with Crippen LogP contribution < -0.4 is 10.1 Å². The van der Waals surface area contributed by atoms with Crippen molar-refractivity contribution in [3.05, 3.63) is 58.9 Å². The molecule has 1 unspecified atom stereocenters. The van der Waals surface area contributed by atoms with Gasteiger partial charge in [-0.15, -0.1) is 0 Å². The summed E-state index contributed by atoms with van der Waals surface area (Å²) in [7, 11) is 1.74. The summed E-state index contributed by atoms with van der Waals surface area (Å²) >= 11 is 0. The fourth-order valence-electron chi connectivity index (χ4n) is 2.83. The van der Waals surface area contributed by atoms with Crippen LogP contribution in [0.3, 0.4) is 0 Å². The Morgan fingerprint density at radius 3 is 2.52 bits per heavy atom. The second-order valence-corrected chi connectivity index (χ2v) is 5.37. The molecule has 3 heteroatoms. The van der Waals surface area contributed by atoms with Crippen LogP contribution in [0.4, 0.5) is 0 Å². The molecular formula is C18H24N2O. The summed E-state index contributed by atoms with van der Waals surface area (Å²) in [6, 6.07) is 8.71. The Hall–Kier alpha value is -1.87. The molecule has 0 aliphatic rings. The number of methoxy groups -OCH3 is 1. The van der Waals surface area contributed by atoms with Crippen LogP contribution in [0.25, 0.3) is 0 Å². The molecule has 0 amide bonds. The van der Waals surface area contributed by atoms with Crippen molar-refractivity contribution in [2.24, 2.45) is 0 Å². The Balaban J connectivity index is 2.38. The van der Waals surface area contributed by atoms with E-state index in [1.54, 1.807) is 7.11 Å². The zero-order valence-electron chi connectivity index (χ0n) is 13.3. The van der Waals surface area contributed by atoms with Gasteiger partial charge in [0.25, 0.3) is 0 Å². The van der Waals surface area contributed by atoms with E-state index in [1.165, 1.54) is 22.3 Å². The van der Waals surface area contributed by atoms with Crippen molar-refractivity contribution in [3.8, 4) is 5.75 Å². The number of benzene rings is 1. The predicted molar refractivity (Wildman–Crippen MR) is 86.8 cm³/mol. The molecule has 3 nitrogen and oxygen atoms in total. The molecule has 1 N–H and O–H groups in total. The van der Waals surface area contributed by atoms with Gasteiger partial charge in [0, 0.05) is 24.0 Å². The minimum absolute atomic E-state index is 0.243. The number of pyridine rings is 1. The maximum atomic E-state index is 5.62. The van der Waals surface area contributed by atoms with Crippen LogP contribution in [0.5, 0.6) is 5.75 Å². The zero-order chi connectivity index (χ0) is 15.2. The van der Waals surface area contributed by atoms with Crippen LogP contribution in [0.15, 0.2) is 36.7 Å². The van der Waals surface area contributed by atoms with Crippen molar-refractivity contribution < 1.29 is 4.74 Å². The molecule has 1 aromatic carbocycles. The zero-order valence-corrected chi connectivity index (χ0v) is 13.3. The van der Waals surface area contributed by atoms with Crippen molar-refractivity contribution in [2.45, 2.75) is 33.2 Å². The molecule has 1 atom stereocenters. The average Bonchev–Trinajstić information content (AvgIpc) is 2.47. The first kappa shape index (κ1) is 15.5. The van der Waals surface area contributed by atoms with Gasteiger partial charge in [-0.3, -0.25) is 4.98 Å². The van der Waals surface area contributed by atoms with Gasteiger partial charge in [-0.25, -0.2) is 0 Å². The molecule has 1 aromatic heterocycles. The second kappa shape index (κ2) is 7.23. The van der Waals surface area contributed by atoms with Gasteiger partial charge >= 0.3 is 0 Å². The molecule has 0 bridgehead atoms. The molecule has 2 aromatic rings.